The number of phenolic OH excluding ortho intramolecular Hbond substituents is 1. The lowest BCUT2D eigenvalue weighted by Crippen LogP contribution is -2.31. The van der Waals surface area contributed by atoms with Gasteiger partial charge in [-0.15, -0.1) is 0 Å². The topological polar surface area (TPSA) is 115 Å². The largest absolute Gasteiger partial charge is 0.505 e. The molecule has 2 heterocycles. The summed E-state index contributed by atoms with van der Waals surface area (Å²) in [7, 11) is 3.27. The van der Waals surface area contributed by atoms with Gasteiger partial charge in [-0.25, -0.2) is 20.0 Å². The van der Waals surface area contributed by atoms with Crippen molar-refractivity contribution < 1.29 is 9.90 Å². The molecule has 1 aliphatic heterocycles. The van der Waals surface area contributed by atoms with Gasteiger partial charge in [0.15, 0.2) is 28.4 Å². The lowest BCUT2D eigenvalue weighted by Gasteiger charge is -2.20. The third kappa shape index (κ3) is 4.22. The number of aromatic hydroxyl groups is 1. The number of benzene rings is 2. The van der Waals surface area contributed by atoms with E-state index in [1.807, 2.05) is 18.2 Å². The van der Waals surface area contributed by atoms with Crippen LogP contribution >= 0.6 is 0 Å². The molecule has 32 heavy (non-hydrogen) atoms. The fourth-order valence-corrected chi connectivity index (χ4v) is 3.44. The standard InChI is InChI=1S/C23H25N7O2/c1-4-16(14-9-6-5-7-10-14)26-21-22(29-20-19(28-21)24-13-25-20)27-17-12-8-11-15(18(17)31)23(32)30(2)3/h5-12,16,31H,4,13H2,1-3H3,(H,24,26,28)(H,25,27,29)/t16-/m1/s1. The highest BCUT2D eigenvalue weighted by atomic mass is 16.3. The molecule has 0 spiro atoms. The number of nitrogens with one attached hydrogen (secondary N) is 2. The number of para-hydroxylation sites is 1. The van der Waals surface area contributed by atoms with Gasteiger partial charge in [0.2, 0.25) is 0 Å². The number of hydrogen-bond acceptors (Lipinski definition) is 8. The molecule has 0 radical (unpaired) electrons. The molecule has 1 aromatic heterocycles. The summed E-state index contributed by atoms with van der Waals surface area (Å²) >= 11 is 0. The van der Waals surface area contributed by atoms with Crippen molar-refractivity contribution in [2.45, 2.75) is 19.4 Å². The lowest BCUT2D eigenvalue weighted by molar-refractivity contribution is 0.0824. The van der Waals surface area contributed by atoms with Crippen molar-refractivity contribution >= 4 is 23.2 Å². The summed E-state index contributed by atoms with van der Waals surface area (Å²) < 4.78 is 0. The van der Waals surface area contributed by atoms with Gasteiger partial charge in [-0.3, -0.25) is 4.79 Å². The Morgan fingerprint density at radius 1 is 1.03 bits per heavy atom. The highest BCUT2D eigenvalue weighted by molar-refractivity contribution is 5.98. The van der Waals surface area contributed by atoms with Crippen molar-refractivity contribution in [2.75, 3.05) is 31.4 Å². The number of aromatic nitrogens is 2. The number of anilines is 3. The Morgan fingerprint density at radius 3 is 2.38 bits per heavy atom. The number of amides is 1. The maximum absolute atomic E-state index is 12.4. The molecule has 1 aliphatic rings. The highest BCUT2D eigenvalue weighted by Crippen LogP contribution is 2.32. The second-order valence-corrected chi connectivity index (χ2v) is 7.57. The van der Waals surface area contributed by atoms with E-state index in [0.29, 0.717) is 28.3 Å². The Bertz CT molecular complexity index is 1260. The molecule has 2 aromatic carbocycles. The number of phenols is 1. The summed E-state index contributed by atoms with van der Waals surface area (Å²) in [6.07, 6.45) is 0.821. The Hall–Kier alpha value is -4.01. The van der Waals surface area contributed by atoms with Crippen molar-refractivity contribution in [3.8, 4) is 5.75 Å². The van der Waals surface area contributed by atoms with Gasteiger partial charge in [-0.05, 0) is 24.1 Å². The van der Waals surface area contributed by atoms with E-state index in [1.165, 1.54) is 4.90 Å². The number of carbonyl (C=O) groups excluding carboxylic acids is 1. The zero-order valence-corrected chi connectivity index (χ0v) is 18.2. The minimum atomic E-state index is -0.298. The molecule has 0 fully saturated rings. The Labute approximate surface area is 185 Å². The molecule has 0 saturated heterocycles. The lowest BCUT2D eigenvalue weighted by atomic mass is 10.0. The van der Waals surface area contributed by atoms with E-state index in [-0.39, 0.29) is 29.9 Å². The molecule has 9 heteroatoms. The van der Waals surface area contributed by atoms with E-state index in [4.69, 9.17) is 0 Å². The van der Waals surface area contributed by atoms with Crippen LogP contribution in [-0.4, -0.2) is 46.6 Å². The first-order chi connectivity index (χ1) is 15.5. The van der Waals surface area contributed by atoms with Gasteiger partial charge in [-0.1, -0.05) is 43.3 Å². The van der Waals surface area contributed by atoms with Crippen LogP contribution in [0.25, 0.3) is 0 Å². The van der Waals surface area contributed by atoms with Crippen LogP contribution in [0.1, 0.15) is 35.3 Å². The quantitative estimate of drug-likeness (QED) is 0.495. The minimum Gasteiger partial charge on any atom is -0.505 e. The first-order valence-corrected chi connectivity index (χ1v) is 10.4. The molecular formula is C23H25N7O2. The maximum atomic E-state index is 12.4. The molecule has 9 nitrogen and oxygen atoms in total. The van der Waals surface area contributed by atoms with E-state index < -0.39 is 0 Å². The Kier molecular flexibility index (Phi) is 5.98. The molecule has 1 atom stereocenters. The van der Waals surface area contributed by atoms with Crippen LogP contribution in [0.3, 0.4) is 0 Å². The van der Waals surface area contributed by atoms with Crippen LogP contribution in [0.5, 0.6) is 5.75 Å². The predicted octanol–water partition coefficient (Wildman–Crippen LogP) is 2.40. The summed E-state index contributed by atoms with van der Waals surface area (Å²) in [6, 6.07) is 15.0. The first kappa shape index (κ1) is 21.2. The first-order valence-electron chi connectivity index (χ1n) is 10.4. The normalized spacial score (nSPS) is 12.8. The van der Waals surface area contributed by atoms with E-state index in [1.54, 1.807) is 32.3 Å². The van der Waals surface area contributed by atoms with Crippen LogP contribution in [0, 0.1) is 0 Å². The maximum Gasteiger partial charge on any atom is 0.257 e. The van der Waals surface area contributed by atoms with E-state index in [0.717, 1.165) is 12.0 Å². The third-order valence-corrected chi connectivity index (χ3v) is 5.15. The monoisotopic (exact) mass is 431 g/mol. The average Bonchev–Trinajstić information content (AvgIpc) is 3.26. The fraction of sp³-hybridized carbons (Fsp3) is 0.261. The average molecular weight is 432 g/mol. The van der Waals surface area contributed by atoms with Crippen molar-refractivity contribution in [3.05, 3.63) is 70.6 Å². The summed E-state index contributed by atoms with van der Waals surface area (Å²) in [5.74, 6) is 0.428. The number of fused-ring (bicyclic) bond motifs is 1. The van der Waals surface area contributed by atoms with Crippen LogP contribution in [0.4, 0.5) is 17.3 Å². The zero-order valence-electron chi connectivity index (χ0n) is 18.2. The van der Waals surface area contributed by atoms with E-state index >= 15 is 0 Å². The second-order valence-electron chi connectivity index (χ2n) is 7.57. The molecule has 164 valence electrons. The predicted molar refractivity (Wildman–Crippen MR) is 122 cm³/mol. The van der Waals surface area contributed by atoms with Gasteiger partial charge in [0.1, 0.15) is 6.67 Å². The fourth-order valence-electron chi connectivity index (χ4n) is 3.44. The zero-order chi connectivity index (χ0) is 22.7. The number of nitrogens with zero attached hydrogens (tertiary/aromatic N) is 5. The van der Waals surface area contributed by atoms with Gasteiger partial charge in [0, 0.05) is 14.1 Å². The molecule has 3 N–H and O–H groups in total. The van der Waals surface area contributed by atoms with Crippen LogP contribution in [-0.2, 0) is 0 Å². The van der Waals surface area contributed by atoms with Crippen molar-refractivity contribution in [1.29, 1.82) is 0 Å². The molecule has 0 aliphatic carbocycles. The molecule has 0 saturated carbocycles. The summed E-state index contributed by atoms with van der Waals surface area (Å²) in [4.78, 5) is 31.6. The van der Waals surface area contributed by atoms with Gasteiger partial charge in [0.25, 0.3) is 5.91 Å². The minimum absolute atomic E-state index is 0.00214. The number of rotatable bonds is 7. The van der Waals surface area contributed by atoms with Gasteiger partial charge in [-0.2, -0.15) is 0 Å². The Balaban J connectivity index is 1.73. The highest BCUT2D eigenvalue weighted by Gasteiger charge is 2.19. The van der Waals surface area contributed by atoms with Crippen LogP contribution in [0.15, 0.2) is 58.5 Å². The van der Waals surface area contributed by atoms with Crippen LogP contribution < -0.4 is 21.6 Å². The van der Waals surface area contributed by atoms with Gasteiger partial charge in [0.05, 0.1) is 17.3 Å². The Morgan fingerprint density at radius 2 is 1.72 bits per heavy atom. The third-order valence-electron chi connectivity index (χ3n) is 5.15. The smallest absolute Gasteiger partial charge is 0.257 e. The van der Waals surface area contributed by atoms with Crippen LogP contribution in [0.2, 0.25) is 0 Å². The van der Waals surface area contributed by atoms with Crippen molar-refractivity contribution in [1.82, 2.24) is 14.9 Å². The second kappa shape index (κ2) is 9.01. The SMILES string of the molecule is CC[C@@H](Nc1nc2c(nc1Nc1cccc(C(=O)N(C)C)c1O)=NCN=2)c1ccccc1. The molecule has 0 bridgehead atoms. The summed E-state index contributed by atoms with van der Waals surface area (Å²) in [5, 5.41) is 17.3. The molecular weight excluding hydrogens is 406 g/mol. The van der Waals surface area contributed by atoms with E-state index in [9.17, 15) is 9.90 Å². The van der Waals surface area contributed by atoms with Crippen molar-refractivity contribution in [3.63, 3.8) is 0 Å². The van der Waals surface area contributed by atoms with Gasteiger partial charge < -0.3 is 20.6 Å². The molecule has 3 aromatic rings. The summed E-state index contributed by atoms with van der Waals surface area (Å²) in [6.45, 7) is 2.37. The number of hydrogen-bond donors (Lipinski definition) is 3. The molecule has 0 unspecified atom stereocenters. The molecule has 4 rings (SSSR count). The van der Waals surface area contributed by atoms with E-state index in [2.05, 4.69) is 49.6 Å². The summed E-state index contributed by atoms with van der Waals surface area (Å²) in [5.41, 5.74) is 2.57. The molecule has 1 amide bonds. The van der Waals surface area contributed by atoms with Crippen molar-refractivity contribution in [2.24, 2.45) is 9.98 Å². The number of carbonyl (C=O) groups is 1. The van der Waals surface area contributed by atoms with Gasteiger partial charge >= 0.3 is 0 Å².